The van der Waals surface area contributed by atoms with E-state index >= 15 is 0 Å². The van der Waals surface area contributed by atoms with Crippen LogP contribution in [-0.4, -0.2) is 9.97 Å². The predicted molar refractivity (Wildman–Crippen MR) is 86.2 cm³/mol. The number of nitrogens with zero attached hydrogens (tertiary/aromatic N) is 2. The molecular formula is C17H14ClN3. The van der Waals surface area contributed by atoms with E-state index in [4.69, 9.17) is 11.6 Å². The summed E-state index contributed by atoms with van der Waals surface area (Å²) in [6.07, 6.45) is 1.63. The summed E-state index contributed by atoms with van der Waals surface area (Å²) in [6.45, 7) is 0.672. The van der Waals surface area contributed by atoms with E-state index in [-0.39, 0.29) is 0 Å². The van der Waals surface area contributed by atoms with Gasteiger partial charge in [0.15, 0.2) is 5.82 Å². The topological polar surface area (TPSA) is 37.8 Å². The molecule has 0 atom stereocenters. The van der Waals surface area contributed by atoms with Gasteiger partial charge >= 0.3 is 0 Å². The highest BCUT2D eigenvalue weighted by molar-refractivity contribution is 6.32. The highest BCUT2D eigenvalue weighted by Gasteiger charge is 2.06. The molecule has 1 heterocycles. The Labute approximate surface area is 128 Å². The minimum Gasteiger partial charge on any atom is -0.365 e. The first-order valence-electron chi connectivity index (χ1n) is 6.69. The SMILES string of the molecule is Clc1cnc(-c2ccccc2)nc1NCc1ccccc1. The third kappa shape index (κ3) is 3.38. The van der Waals surface area contributed by atoms with E-state index in [1.807, 2.05) is 48.5 Å². The second kappa shape index (κ2) is 6.37. The van der Waals surface area contributed by atoms with Crippen molar-refractivity contribution in [1.82, 2.24) is 9.97 Å². The zero-order chi connectivity index (χ0) is 14.5. The first-order chi connectivity index (χ1) is 10.3. The zero-order valence-electron chi connectivity index (χ0n) is 11.3. The highest BCUT2D eigenvalue weighted by atomic mass is 35.5. The Morgan fingerprint density at radius 2 is 1.57 bits per heavy atom. The Bertz CT molecular complexity index is 715. The lowest BCUT2D eigenvalue weighted by Crippen LogP contribution is -2.03. The molecule has 2 aromatic carbocycles. The van der Waals surface area contributed by atoms with Crippen LogP contribution in [0.3, 0.4) is 0 Å². The lowest BCUT2D eigenvalue weighted by atomic mass is 10.2. The molecule has 0 aliphatic heterocycles. The van der Waals surface area contributed by atoms with Gasteiger partial charge in [0.2, 0.25) is 0 Å². The van der Waals surface area contributed by atoms with Crippen molar-refractivity contribution in [2.24, 2.45) is 0 Å². The van der Waals surface area contributed by atoms with Gasteiger partial charge in [-0.2, -0.15) is 0 Å². The maximum absolute atomic E-state index is 6.16. The van der Waals surface area contributed by atoms with Crippen molar-refractivity contribution in [3.63, 3.8) is 0 Å². The molecule has 1 aromatic heterocycles. The molecule has 3 rings (SSSR count). The highest BCUT2D eigenvalue weighted by Crippen LogP contribution is 2.23. The largest absolute Gasteiger partial charge is 0.365 e. The van der Waals surface area contributed by atoms with Gasteiger partial charge in [-0.1, -0.05) is 72.3 Å². The van der Waals surface area contributed by atoms with Gasteiger partial charge < -0.3 is 5.32 Å². The summed E-state index contributed by atoms with van der Waals surface area (Å²) in [7, 11) is 0. The van der Waals surface area contributed by atoms with Crippen LogP contribution >= 0.6 is 11.6 Å². The number of rotatable bonds is 4. The smallest absolute Gasteiger partial charge is 0.161 e. The summed E-state index contributed by atoms with van der Waals surface area (Å²) in [5.41, 5.74) is 2.14. The monoisotopic (exact) mass is 295 g/mol. The van der Waals surface area contributed by atoms with Crippen LogP contribution in [0.4, 0.5) is 5.82 Å². The lowest BCUT2D eigenvalue weighted by molar-refractivity contribution is 1.09. The Hall–Kier alpha value is -2.39. The molecule has 0 fully saturated rings. The molecule has 3 aromatic rings. The van der Waals surface area contributed by atoms with Gasteiger partial charge in [0.25, 0.3) is 0 Å². The third-order valence-corrected chi connectivity index (χ3v) is 3.36. The van der Waals surface area contributed by atoms with Crippen molar-refractivity contribution in [3.8, 4) is 11.4 Å². The number of anilines is 1. The molecule has 0 bridgehead atoms. The van der Waals surface area contributed by atoms with Gasteiger partial charge in [0.1, 0.15) is 10.8 Å². The van der Waals surface area contributed by atoms with E-state index in [0.29, 0.717) is 23.2 Å². The average Bonchev–Trinajstić information content (AvgIpc) is 2.56. The number of nitrogens with one attached hydrogen (secondary N) is 1. The molecule has 0 saturated heterocycles. The summed E-state index contributed by atoms with van der Waals surface area (Å²) in [4.78, 5) is 8.78. The van der Waals surface area contributed by atoms with Gasteiger partial charge in [-0.25, -0.2) is 9.97 Å². The van der Waals surface area contributed by atoms with Crippen molar-refractivity contribution >= 4 is 17.4 Å². The molecule has 0 unspecified atom stereocenters. The standard InChI is InChI=1S/C17H14ClN3/c18-15-12-20-16(14-9-5-2-6-10-14)21-17(15)19-11-13-7-3-1-4-8-13/h1-10,12H,11H2,(H,19,20,21). The summed E-state index contributed by atoms with van der Waals surface area (Å²) >= 11 is 6.16. The van der Waals surface area contributed by atoms with E-state index in [1.165, 1.54) is 5.56 Å². The normalized spacial score (nSPS) is 10.3. The molecule has 21 heavy (non-hydrogen) atoms. The Morgan fingerprint density at radius 1 is 0.905 bits per heavy atom. The van der Waals surface area contributed by atoms with Crippen LogP contribution in [0.1, 0.15) is 5.56 Å². The molecular weight excluding hydrogens is 282 g/mol. The Morgan fingerprint density at radius 3 is 2.29 bits per heavy atom. The van der Waals surface area contributed by atoms with Crippen LogP contribution in [0.25, 0.3) is 11.4 Å². The summed E-state index contributed by atoms with van der Waals surface area (Å²) in [5.74, 6) is 1.31. The van der Waals surface area contributed by atoms with Crippen molar-refractivity contribution in [3.05, 3.63) is 77.4 Å². The third-order valence-electron chi connectivity index (χ3n) is 3.08. The molecule has 4 heteroatoms. The lowest BCUT2D eigenvalue weighted by Gasteiger charge is -2.09. The first-order valence-corrected chi connectivity index (χ1v) is 7.06. The molecule has 3 nitrogen and oxygen atoms in total. The predicted octanol–water partition coefficient (Wildman–Crippen LogP) is 4.41. The number of benzene rings is 2. The quantitative estimate of drug-likeness (QED) is 0.775. The van der Waals surface area contributed by atoms with E-state index in [2.05, 4.69) is 27.4 Å². The number of aromatic nitrogens is 2. The number of hydrogen-bond acceptors (Lipinski definition) is 3. The van der Waals surface area contributed by atoms with E-state index in [9.17, 15) is 0 Å². The fourth-order valence-corrected chi connectivity index (χ4v) is 2.16. The van der Waals surface area contributed by atoms with E-state index < -0.39 is 0 Å². The molecule has 0 saturated carbocycles. The minimum absolute atomic E-state index is 0.519. The van der Waals surface area contributed by atoms with Crippen LogP contribution in [-0.2, 0) is 6.54 Å². The van der Waals surface area contributed by atoms with Gasteiger partial charge in [-0.05, 0) is 5.56 Å². The fourth-order valence-electron chi connectivity index (χ4n) is 2.00. The van der Waals surface area contributed by atoms with Gasteiger partial charge in [0, 0.05) is 12.1 Å². The van der Waals surface area contributed by atoms with Gasteiger partial charge in [-0.3, -0.25) is 0 Å². The van der Waals surface area contributed by atoms with Crippen LogP contribution < -0.4 is 5.32 Å². The Kier molecular flexibility index (Phi) is 4.12. The molecule has 0 aliphatic rings. The second-order valence-corrected chi connectivity index (χ2v) is 5.00. The fraction of sp³-hybridized carbons (Fsp3) is 0.0588. The molecule has 0 spiro atoms. The maximum atomic E-state index is 6.16. The number of halogens is 1. The van der Waals surface area contributed by atoms with Crippen LogP contribution in [0.15, 0.2) is 66.9 Å². The average molecular weight is 296 g/mol. The molecule has 0 amide bonds. The number of hydrogen-bond donors (Lipinski definition) is 1. The minimum atomic E-state index is 0.519. The summed E-state index contributed by atoms with van der Waals surface area (Å²) in [6, 6.07) is 20.0. The zero-order valence-corrected chi connectivity index (χ0v) is 12.1. The molecule has 1 N–H and O–H groups in total. The summed E-state index contributed by atoms with van der Waals surface area (Å²) in [5, 5.41) is 3.78. The van der Waals surface area contributed by atoms with Crippen LogP contribution in [0, 0.1) is 0 Å². The van der Waals surface area contributed by atoms with Gasteiger partial charge in [0.05, 0.1) is 6.20 Å². The van der Waals surface area contributed by atoms with Crippen molar-refractivity contribution in [2.45, 2.75) is 6.54 Å². The summed E-state index contributed by atoms with van der Waals surface area (Å²) < 4.78 is 0. The van der Waals surface area contributed by atoms with Crippen LogP contribution in [0.5, 0.6) is 0 Å². The molecule has 104 valence electrons. The second-order valence-electron chi connectivity index (χ2n) is 4.60. The van der Waals surface area contributed by atoms with Crippen molar-refractivity contribution in [2.75, 3.05) is 5.32 Å². The Balaban J connectivity index is 1.82. The van der Waals surface area contributed by atoms with E-state index in [0.717, 1.165) is 5.56 Å². The molecule has 0 radical (unpaired) electrons. The van der Waals surface area contributed by atoms with Crippen LogP contribution in [0.2, 0.25) is 5.02 Å². The molecule has 0 aliphatic carbocycles. The van der Waals surface area contributed by atoms with Crippen molar-refractivity contribution in [1.29, 1.82) is 0 Å². The van der Waals surface area contributed by atoms with Crippen molar-refractivity contribution < 1.29 is 0 Å². The first kappa shape index (κ1) is 13.6. The maximum Gasteiger partial charge on any atom is 0.161 e. The van der Waals surface area contributed by atoms with Gasteiger partial charge in [-0.15, -0.1) is 0 Å². The van der Waals surface area contributed by atoms with E-state index in [1.54, 1.807) is 6.20 Å².